The number of benzene rings is 1. The van der Waals surface area contributed by atoms with Crippen molar-refractivity contribution in [1.82, 2.24) is 0 Å². The zero-order valence-corrected chi connectivity index (χ0v) is 11.0. The lowest BCUT2D eigenvalue weighted by molar-refractivity contribution is -0.135. The van der Waals surface area contributed by atoms with Crippen molar-refractivity contribution in [3.63, 3.8) is 0 Å². The van der Waals surface area contributed by atoms with E-state index >= 15 is 0 Å². The van der Waals surface area contributed by atoms with Gasteiger partial charge in [-0.25, -0.2) is 4.79 Å². The van der Waals surface area contributed by atoms with Crippen LogP contribution in [-0.4, -0.2) is 18.9 Å². The average Bonchev–Trinajstić information content (AvgIpc) is 2.37. The van der Waals surface area contributed by atoms with E-state index in [1.807, 2.05) is 6.92 Å². The summed E-state index contributed by atoms with van der Waals surface area (Å²) in [6, 6.07) is 6.78. The van der Waals surface area contributed by atoms with E-state index in [9.17, 15) is 9.59 Å². The van der Waals surface area contributed by atoms with Gasteiger partial charge in [0.05, 0.1) is 7.11 Å². The molecule has 1 atom stereocenters. The molecule has 0 aromatic heterocycles. The van der Waals surface area contributed by atoms with Gasteiger partial charge in [0.15, 0.2) is 0 Å². The van der Waals surface area contributed by atoms with Crippen LogP contribution in [0.25, 0.3) is 0 Å². The normalized spacial score (nSPS) is 13.8. The highest BCUT2D eigenvalue weighted by Gasteiger charge is 2.21. The topological polar surface area (TPSA) is 69.4 Å². The Kier molecular flexibility index (Phi) is 4.62. The first-order chi connectivity index (χ1) is 8.42. The van der Waals surface area contributed by atoms with Gasteiger partial charge in [-0.15, -0.1) is 0 Å². The van der Waals surface area contributed by atoms with Crippen LogP contribution in [0.3, 0.4) is 0 Å². The van der Waals surface area contributed by atoms with Gasteiger partial charge >= 0.3 is 5.97 Å². The summed E-state index contributed by atoms with van der Waals surface area (Å²) < 4.78 is 4.39. The summed E-state index contributed by atoms with van der Waals surface area (Å²) in [5, 5.41) is 0. The van der Waals surface area contributed by atoms with Gasteiger partial charge in [-0.05, 0) is 18.9 Å². The monoisotopic (exact) mass is 249 g/mol. The number of ether oxygens (including phenoxy) is 1. The predicted molar refractivity (Wildman–Crippen MR) is 69.2 cm³/mol. The summed E-state index contributed by atoms with van der Waals surface area (Å²) in [5.41, 5.74) is 7.04. The minimum Gasteiger partial charge on any atom is -0.463 e. The maximum absolute atomic E-state index is 11.6. The van der Waals surface area contributed by atoms with Crippen LogP contribution in [0, 0.1) is 0 Å². The highest BCUT2D eigenvalue weighted by molar-refractivity contribution is 6.40. The van der Waals surface area contributed by atoms with E-state index in [2.05, 4.69) is 11.7 Å². The van der Waals surface area contributed by atoms with Crippen LogP contribution in [0.1, 0.15) is 42.6 Å². The largest absolute Gasteiger partial charge is 0.463 e. The molecule has 0 spiro atoms. The summed E-state index contributed by atoms with van der Waals surface area (Å²) in [7, 11) is 1.19. The molecule has 1 rings (SSSR count). The summed E-state index contributed by atoms with van der Waals surface area (Å²) in [5.74, 6) is -1.50. The van der Waals surface area contributed by atoms with Crippen LogP contribution in [0.4, 0.5) is 0 Å². The van der Waals surface area contributed by atoms with Crippen LogP contribution in [0.15, 0.2) is 24.3 Å². The standard InChI is InChI=1S/C14H19NO3/c1-4-9-14(2,15)11-7-5-10(6-8-11)12(16)13(17)18-3/h5-8H,4,9,15H2,1-3H3. The molecular weight excluding hydrogens is 230 g/mol. The first kappa shape index (κ1) is 14.4. The Bertz CT molecular complexity index is 435. The van der Waals surface area contributed by atoms with Gasteiger partial charge in [0, 0.05) is 11.1 Å². The quantitative estimate of drug-likeness (QED) is 0.492. The molecule has 18 heavy (non-hydrogen) atoms. The molecule has 0 aliphatic rings. The second-order valence-electron chi connectivity index (χ2n) is 4.57. The predicted octanol–water partition coefficient (Wildman–Crippen LogP) is 2.02. The summed E-state index contributed by atoms with van der Waals surface area (Å²) in [6.07, 6.45) is 1.84. The number of rotatable bonds is 5. The van der Waals surface area contributed by atoms with Crippen molar-refractivity contribution in [1.29, 1.82) is 0 Å². The van der Waals surface area contributed by atoms with E-state index in [1.165, 1.54) is 7.11 Å². The summed E-state index contributed by atoms with van der Waals surface area (Å²) in [4.78, 5) is 22.7. The first-order valence-electron chi connectivity index (χ1n) is 5.94. The maximum atomic E-state index is 11.6. The average molecular weight is 249 g/mol. The van der Waals surface area contributed by atoms with Crippen molar-refractivity contribution in [2.75, 3.05) is 7.11 Å². The number of nitrogens with two attached hydrogens (primary N) is 1. The number of hydrogen-bond acceptors (Lipinski definition) is 4. The van der Waals surface area contributed by atoms with Gasteiger partial charge in [-0.3, -0.25) is 4.79 Å². The molecule has 0 radical (unpaired) electrons. The van der Waals surface area contributed by atoms with Crippen molar-refractivity contribution in [2.45, 2.75) is 32.2 Å². The van der Waals surface area contributed by atoms with E-state index < -0.39 is 17.3 Å². The van der Waals surface area contributed by atoms with Gasteiger partial charge in [0.25, 0.3) is 5.78 Å². The van der Waals surface area contributed by atoms with Crippen molar-refractivity contribution >= 4 is 11.8 Å². The van der Waals surface area contributed by atoms with Crippen molar-refractivity contribution < 1.29 is 14.3 Å². The molecule has 1 aromatic rings. The zero-order chi connectivity index (χ0) is 13.8. The molecule has 1 unspecified atom stereocenters. The van der Waals surface area contributed by atoms with Gasteiger partial charge in [0.1, 0.15) is 0 Å². The van der Waals surface area contributed by atoms with E-state index in [1.54, 1.807) is 24.3 Å². The summed E-state index contributed by atoms with van der Waals surface area (Å²) >= 11 is 0. The molecule has 0 aliphatic carbocycles. The van der Waals surface area contributed by atoms with Gasteiger partial charge in [0.2, 0.25) is 0 Å². The molecule has 1 aromatic carbocycles. The number of carbonyl (C=O) groups excluding carboxylic acids is 2. The fourth-order valence-electron chi connectivity index (χ4n) is 1.88. The molecule has 0 saturated carbocycles. The third kappa shape index (κ3) is 3.17. The lowest BCUT2D eigenvalue weighted by Crippen LogP contribution is -2.32. The van der Waals surface area contributed by atoms with Gasteiger partial charge in [-0.1, -0.05) is 37.6 Å². The number of Topliss-reactive ketones (excluding diaryl/α,β-unsaturated/α-hetero) is 1. The third-order valence-electron chi connectivity index (χ3n) is 2.95. The Morgan fingerprint density at radius 1 is 1.28 bits per heavy atom. The van der Waals surface area contributed by atoms with E-state index in [0.717, 1.165) is 18.4 Å². The van der Waals surface area contributed by atoms with Crippen LogP contribution in [-0.2, 0) is 15.1 Å². The molecule has 0 heterocycles. The van der Waals surface area contributed by atoms with Crippen molar-refractivity contribution in [2.24, 2.45) is 5.73 Å². The lowest BCUT2D eigenvalue weighted by Gasteiger charge is -2.24. The number of esters is 1. The number of hydrogen-bond donors (Lipinski definition) is 1. The molecule has 98 valence electrons. The molecule has 0 saturated heterocycles. The van der Waals surface area contributed by atoms with Crippen molar-refractivity contribution in [3.8, 4) is 0 Å². The van der Waals surface area contributed by atoms with Gasteiger partial charge in [-0.2, -0.15) is 0 Å². The van der Waals surface area contributed by atoms with Crippen LogP contribution >= 0.6 is 0 Å². The molecule has 4 heteroatoms. The molecule has 0 aliphatic heterocycles. The minimum atomic E-state index is -0.855. The molecule has 0 bridgehead atoms. The van der Waals surface area contributed by atoms with Gasteiger partial charge < -0.3 is 10.5 Å². The Morgan fingerprint density at radius 3 is 2.28 bits per heavy atom. The zero-order valence-electron chi connectivity index (χ0n) is 11.0. The van der Waals surface area contributed by atoms with Crippen LogP contribution < -0.4 is 5.73 Å². The fraction of sp³-hybridized carbons (Fsp3) is 0.429. The Labute approximate surface area is 107 Å². The Balaban J connectivity index is 2.93. The fourth-order valence-corrected chi connectivity index (χ4v) is 1.88. The highest BCUT2D eigenvalue weighted by atomic mass is 16.5. The van der Waals surface area contributed by atoms with E-state index in [4.69, 9.17) is 5.73 Å². The molecule has 2 N–H and O–H groups in total. The second-order valence-corrected chi connectivity index (χ2v) is 4.57. The number of ketones is 1. The molecule has 0 amide bonds. The number of methoxy groups -OCH3 is 1. The third-order valence-corrected chi connectivity index (χ3v) is 2.95. The Hall–Kier alpha value is -1.68. The number of carbonyl (C=O) groups is 2. The maximum Gasteiger partial charge on any atom is 0.379 e. The minimum absolute atomic E-state index is 0.317. The Morgan fingerprint density at radius 2 is 1.83 bits per heavy atom. The highest BCUT2D eigenvalue weighted by Crippen LogP contribution is 2.23. The van der Waals surface area contributed by atoms with Crippen LogP contribution in [0.2, 0.25) is 0 Å². The second kappa shape index (κ2) is 5.78. The van der Waals surface area contributed by atoms with Crippen LogP contribution in [0.5, 0.6) is 0 Å². The smallest absolute Gasteiger partial charge is 0.379 e. The van der Waals surface area contributed by atoms with E-state index in [0.29, 0.717) is 5.56 Å². The van der Waals surface area contributed by atoms with Crippen molar-refractivity contribution in [3.05, 3.63) is 35.4 Å². The molecule has 0 fully saturated rings. The lowest BCUT2D eigenvalue weighted by atomic mass is 9.88. The summed E-state index contributed by atoms with van der Waals surface area (Å²) in [6.45, 7) is 4.02. The molecule has 4 nitrogen and oxygen atoms in total. The molecular formula is C14H19NO3. The first-order valence-corrected chi connectivity index (χ1v) is 5.94. The van der Waals surface area contributed by atoms with E-state index in [-0.39, 0.29) is 0 Å². The SMILES string of the molecule is CCCC(C)(N)c1ccc(C(=O)C(=O)OC)cc1.